The molecule has 4 nitrogen and oxygen atoms in total. The number of hydrogen-bond acceptors (Lipinski definition) is 3. The van der Waals surface area contributed by atoms with E-state index < -0.39 is 0 Å². The van der Waals surface area contributed by atoms with E-state index in [9.17, 15) is 4.39 Å². The summed E-state index contributed by atoms with van der Waals surface area (Å²) in [6.07, 6.45) is 0. The summed E-state index contributed by atoms with van der Waals surface area (Å²) in [6.45, 7) is 6.97. The van der Waals surface area contributed by atoms with Crippen molar-refractivity contribution in [3.05, 3.63) is 46.9 Å². The van der Waals surface area contributed by atoms with Crippen molar-refractivity contribution < 1.29 is 9.13 Å². The Bertz CT molecular complexity index is 608. The lowest BCUT2D eigenvalue weighted by Crippen LogP contribution is -2.21. The highest BCUT2D eigenvalue weighted by Crippen LogP contribution is 2.16. The van der Waals surface area contributed by atoms with E-state index in [1.165, 1.54) is 6.07 Å². The second-order valence-electron chi connectivity index (χ2n) is 5.50. The molecule has 0 radical (unpaired) electrons. The Morgan fingerprint density at radius 2 is 2.10 bits per heavy atom. The van der Waals surface area contributed by atoms with Crippen LogP contribution >= 0.6 is 0 Å². The highest BCUT2D eigenvalue weighted by Gasteiger charge is 2.08. The van der Waals surface area contributed by atoms with Gasteiger partial charge in [-0.15, -0.1) is 0 Å². The molecule has 0 amide bonds. The third kappa shape index (κ3) is 4.29. The van der Waals surface area contributed by atoms with Crippen LogP contribution in [0.4, 0.5) is 4.39 Å². The number of aryl methyl sites for hydroxylation is 2. The molecule has 0 fully saturated rings. The Hall–Kier alpha value is -1.88. The minimum absolute atomic E-state index is 0.195. The van der Waals surface area contributed by atoms with Gasteiger partial charge in [0.2, 0.25) is 5.88 Å². The zero-order valence-corrected chi connectivity index (χ0v) is 13.0. The van der Waals surface area contributed by atoms with Gasteiger partial charge in [0.15, 0.2) is 0 Å². The van der Waals surface area contributed by atoms with Gasteiger partial charge < -0.3 is 10.1 Å². The zero-order chi connectivity index (χ0) is 15.4. The molecule has 0 spiro atoms. The van der Waals surface area contributed by atoms with Gasteiger partial charge in [-0.05, 0) is 24.6 Å². The van der Waals surface area contributed by atoms with Crippen molar-refractivity contribution in [3.63, 3.8) is 0 Å². The van der Waals surface area contributed by atoms with Gasteiger partial charge in [-0.2, -0.15) is 5.10 Å². The largest absolute Gasteiger partial charge is 0.473 e. The molecule has 1 aromatic carbocycles. The zero-order valence-electron chi connectivity index (χ0n) is 13.0. The highest BCUT2D eigenvalue weighted by molar-refractivity contribution is 5.25. The van der Waals surface area contributed by atoms with Gasteiger partial charge in [-0.25, -0.2) is 9.07 Å². The molecule has 0 bridgehead atoms. The maximum atomic E-state index is 13.9. The fraction of sp³-hybridized carbons (Fsp3) is 0.438. The van der Waals surface area contributed by atoms with E-state index in [1.807, 2.05) is 26.1 Å². The molecule has 21 heavy (non-hydrogen) atoms. The summed E-state index contributed by atoms with van der Waals surface area (Å²) in [5.41, 5.74) is 2.48. The molecule has 0 aliphatic carbocycles. The Balaban J connectivity index is 2.05. The van der Waals surface area contributed by atoms with E-state index in [1.54, 1.807) is 10.7 Å². The van der Waals surface area contributed by atoms with Gasteiger partial charge in [0.1, 0.15) is 12.4 Å². The van der Waals surface area contributed by atoms with Crippen LogP contribution in [0.1, 0.15) is 30.7 Å². The van der Waals surface area contributed by atoms with E-state index in [0.717, 1.165) is 17.8 Å². The minimum Gasteiger partial charge on any atom is -0.473 e. The molecule has 0 aliphatic heterocycles. The van der Waals surface area contributed by atoms with Gasteiger partial charge in [-0.3, -0.25) is 0 Å². The van der Waals surface area contributed by atoms with Crippen LogP contribution in [0.2, 0.25) is 0 Å². The van der Waals surface area contributed by atoms with Crippen LogP contribution in [0.3, 0.4) is 0 Å². The van der Waals surface area contributed by atoms with Gasteiger partial charge in [0.25, 0.3) is 0 Å². The first-order valence-electron chi connectivity index (χ1n) is 7.10. The molecule has 0 atom stereocenters. The maximum absolute atomic E-state index is 13.9. The van der Waals surface area contributed by atoms with Crippen molar-refractivity contribution in [2.45, 2.75) is 40.0 Å². The highest BCUT2D eigenvalue weighted by atomic mass is 19.1. The number of ether oxygens (including phenoxy) is 1. The Kier molecular flexibility index (Phi) is 4.96. The number of nitrogens with one attached hydrogen (secondary N) is 1. The second-order valence-corrected chi connectivity index (χ2v) is 5.50. The van der Waals surface area contributed by atoms with Crippen LogP contribution in [0.15, 0.2) is 24.3 Å². The van der Waals surface area contributed by atoms with Crippen molar-refractivity contribution in [1.82, 2.24) is 15.1 Å². The summed E-state index contributed by atoms with van der Waals surface area (Å²) >= 11 is 0. The SMILES string of the molecule is Cc1cc(OCc2cc(CNC(C)C)ccc2F)n(C)n1. The lowest BCUT2D eigenvalue weighted by molar-refractivity contribution is 0.273. The average molecular weight is 291 g/mol. The summed E-state index contributed by atoms with van der Waals surface area (Å²) < 4.78 is 21.1. The summed E-state index contributed by atoms with van der Waals surface area (Å²) in [4.78, 5) is 0. The third-order valence-electron chi connectivity index (χ3n) is 3.16. The lowest BCUT2D eigenvalue weighted by atomic mass is 10.1. The second kappa shape index (κ2) is 6.72. The van der Waals surface area contributed by atoms with Crippen LogP contribution < -0.4 is 10.1 Å². The first kappa shape index (κ1) is 15.5. The molecular weight excluding hydrogens is 269 g/mol. The first-order valence-corrected chi connectivity index (χ1v) is 7.10. The average Bonchev–Trinajstić information content (AvgIpc) is 2.74. The molecular formula is C16H22FN3O. The number of benzene rings is 1. The minimum atomic E-state index is -0.248. The first-order chi connectivity index (χ1) is 9.95. The molecule has 5 heteroatoms. The standard InChI is InChI=1S/C16H22FN3O/c1-11(2)18-9-13-5-6-15(17)14(8-13)10-21-16-7-12(3)19-20(16)4/h5-8,11,18H,9-10H2,1-4H3. The Morgan fingerprint density at radius 3 is 2.71 bits per heavy atom. The van der Waals surface area contributed by atoms with E-state index >= 15 is 0 Å². The van der Waals surface area contributed by atoms with Crippen LogP contribution in [0.25, 0.3) is 0 Å². The van der Waals surface area contributed by atoms with Gasteiger partial charge in [-0.1, -0.05) is 19.9 Å². The molecule has 1 N–H and O–H groups in total. The molecule has 2 aromatic rings. The van der Waals surface area contributed by atoms with Crippen LogP contribution in [0, 0.1) is 12.7 Å². The van der Waals surface area contributed by atoms with E-state index in [2.05, 4.69) is 24.3 Å². The quantitative estimate of drug-likeness (QED) is 0.889. The summed E-state index contributed by atoms with van der Waals surface area (Å²) in [5, 5.41) is 7.52. The topological polar surface area (TPSA) is 39.1 Å². The van der Waals surface area contributed by atoms with Crippen molar-refractivity contribution in [1.29, 1.82) is 0 Å². The third-order valence-corrected chi connectivity index (χ3v) is 3.16. The van der Waals surface area contributed by atoms with Crippen molar-refractivity contribution >= 4 is 0 Å². The van der Waals surface area contributed by atoms with Crippen molar-refractivity contribution in [2.24, 2.45) is 7.05 Å². The Morgan fingerprint density at radius 1 is 1.33 bits per heavy atom. The fourth-order valence-corrected chi connectivity index (χ4v) is 2.04. The summed E-state index contributed by atoms with van der Waals surface area (Å²) in [5.74, 6) is 0.389. The predicted molar refractivity (Wildman–Crippen MR) is 80.7 cm³/mol. The van der Waals surface area contributed by atoms with Crippen molar-refractivity contribution in [2.75, 3.05) is 0 Å². The van der Waals surface area contributed by atoms with Crippen LogP contribution in [-0.2, 0) is 20.2 Å². The molecule has 1 heterocycles. The number of halogens is 1. The number of rotatable bonds is 6. The molecule has 0 saturated heterocycles. The van der Waals surface area contributed by atoms with Gasteiger partial charge in [0, 0.05) is 31.3 Å². The lowest BCUT2D eigenvalue weighted by Gasteiger charge is -2.11. The van der Waals surface area contributed by atoms with E-state index in [-0.39, 0.29) is 12.4 Å². The number of nitrogens with zero attached hydrogens (tertiary/aromatic N) is 2. The molecule has 1 aromatic heterocycles. The maximum Gasteiger partial charge on any atom is 0.212 e. The molecule has 0 aliphatic rings. The van der Waals surface area contributed by atoms with Crippen molar-refractivity contribution in [3.8, 4) is 5.88 Å². The number of aromatic nitrogens is 2. The normalized spacial score (nSPS) is 11.1. The molecule has 114 valence electrons. The van der Waals surface area contributed by atoms with E-state index in [4.69, 9.17) is 4.74 Å². The number of hydrogen-bond donors (Lipinski definition) is 1. The molecule has 0 unspecified atom stereocenters. The molecule has 0 saturated carbocycles. The smallest absolute Gasteiger partial charge is 0.212 e. The monoisotopic (exact) mass is 291 g/mol. The van der Waals surface area contributed by atoms with E-state index in [0.29, 0.717) is 17.5 Å². The summed E-state index contributed by atoms with van der Waals surface area (Å²) in [7, 11) is 1.81. The Labute approximate surface area is 124 Å². The fourth-order valence-electron chi connectivity index (χ4n) is 2.04. The van der Waals surface area contributed by atoms with Gasteiger partial charge in [0.05, 0.1) is 5.69 Å². The van der Waals surface area contributed by atoms with Gasteiger partial charge >= 0.3 is 0 Å². The predicted octanol–water partition coefficient (Wildman–Crippen LogP) is 2.94. The summed E-state index contributed by atoms with van der Waals surface area (Å²) in [6, 6.07) is 7.36. The molecule has 2 rings (SSSR count). The van der Waals surface area contributed by atoms with Crippen LogP contribution in [-0.4, -0.2) is 15.8 Å². The van der Waals surface area contributed by atoms with Crippen LogP contribution in [0.5, 0.6) is 5.88 Å².